The zero-order valence-corrected chi connectivity index (χ0v) is 16.1. The lowest BCUT2D eigenvalue weighted by atomic mass is 10.2. The SMILES string of the molecule is COc1cc(C(=O)NNC(=O)c2cc(Br)ccc2O)ccc1OC(C)C. The first kappa shape index (κ1) is 19.6. The molecule has 0 saturated carbocycles. The smallest absolute Gasteiger partial charge is 0.273 e. The van der Waals surface area contributed by atoms with Gasteiger partial charge in [0.15, 0.2) is 11.5 Å². The highest BCUT2D eigenvalue weighted by atomic mass is 79.9. The Morgan fingerprint density at radius 3 is 2.38 bits per heavy atom. The fraction of sp³-hybridized carbons (Fsp3) is 0.222. The molecule has 3 N–H and O–H groups in total. The lowest BCUT2D eigenvalue weighted by molar-refractivity contribution is 0.0844. The van der Waals surface area contributed by atoms with Crippen molar-refractivity contribution in [1.82, 2.24) is 10.9 Å². The molecule has 2 rings (SSSR count). The van der Waals surface area contributed by atoms with E-state index in [4.69, 9.17) is 9.47 Å². The molecule has 0 aliphatic heterocycles. The number of carbonyl (C=O) groups excluding carboxylic acids is 2. The second kappa shape index (κ2) is 8.57. The number of ether oxygens (including phenoxy) is 2. The fourth-order valence-electron chi connectivity index (χ4n) is 2.10. The van der Waals surface area contributed by atoms with Crippen LogP contribution in [0.4, 0.5) is 0 Å². The highest BCUT2D eigenvalue weighted by Gasteiger charge is 2.15. The van der Waals surface area contributed by atoms with Gasteiger partial charge in [0.1, 0.15) is 5.75 Å². The van der Waals surface area contributed by atoms with E-state index in [1.165, 1.54) is 25.3 Å². The van der Waals surface area contributed by atoms with Crippen molar-refractivity contribution in [2.24, 2.45) is 0 Å². The van der Waals surface area contributed by atoms with Gasteiger partial charge in [0.05, 0.1) is 18.8 Å². The van der Waals surface area contributed by atoms with Crippen LogP contribution in [0.2, 0.25) is 0 Å². The molecule has 0 unspecified atom stereocenters. The van der Waals surface area contributed by atoms with Crippen molar-refractivity contribution in [2.75, 3.05) is 7.11 Å². The number of benzene rings is 2. The van der Waals surface area contributed by atoms with Gasteiger partial charge < -0.3 is 14.6 Å². The average molecular weight is 423 g/mol. The van der Waals surface area contributed by atoms with E-state index in [2.05, 4.69) is 26.8 Å². The van der Waals surface area contributed by atoms with Crippen LogP contribution in [0.3, 0.4) is 0 Å². The van der Waals surface area contributed by atoms with E-state index in [-0.39, 0.29) is 23.0 Å². The average Bonchev–Trinajstić information content (AvgIpc) is 2.61. The molecule has 2 amide bonds. The molecule has 0 aromatic heterocycles. The summed E-state index contributed by atoms with van der Waals surface area (Å²) in [4.78, 5) is 24.3. The third-order valence-electron chi connectivity index (χ3n) is 3.28. The first-order chi connectivity index (χ1) is 12.3. The predicted molar refractivity (Wildman–Crippen MR) is 99.5 cm³/mol. The number of amides is 2. The summed E-state index contributed by atoms with van der Waals surface area (Å²) in [5, 5.41) is 9.73. The Morgan fingerprint density at radius 2 is 1.73 bits per heavy atom. The minimum atomic E-state index is -0.649. The number of nitrogens with one attached hydrogen (secondary N) is 2. The molecule has 7 nitrogen and oxygen atoms in total. The molecule has 0 aliphatic carbocycles. The van der Waals surface area contributed by atoms with Gasteiger partial charge in [-0.15, -0.1) is 0 Å². The quantitative estimate of drug-likeness (QED) is 0.643. The number of rotatable bonds is 5. The first-order valence-corrected chi connectivity index (χ1v) is 8.55. The number of aromatic hydroxyl groups is 1. The highest BCUT2D eigenvalue weighted by Crippen LogP contribution is 2.29. The minimum absolute atomic E-state index is 0.0259. The number of carbonyl (C=O) groups is 2. The van der Waals surface area contributed by atoms with Gasteiger partial charge in [-0.25, -0.2) is 0 Å². The maximum atomic E-state index is 12.2. The normalized spacial score (nSPS) is 10.3. The molecule has 0 aliphatic rings. The second-order valence-corrected chi connectivity index (χ2v) is 6.52. The summed E-state index contributed by atoms with van der Waals surface area (Å²) in [5.74, 6) is -0.465. The van der Waals surface area contributed by atoms with Crippen LogP contribution in [-0.4, -0.2) is 30.1 Å². The molecule has 138 valence electrons. The number of phenols is 1. The Hall–Kier alpha value is -2.74. The molecule has 0 saturated heterocycles. The second-order valence-electron chi connectivity index (χ2n) is 5.60. The van der Waals surface area contributed by atoms with E-state index < -0.39 is 11.8 Å². The summed E-state index contributed by atoms with van der Waals surface area (Å²) in [6.07, 6.45) is -0.0410. The summed E-state index contributed by atoms with van der Waals surface area (Å²) in [6.45, 7) is 3.76. The molecular weight excluding hydrogens is 404 g/mol. The molecule has 8 heteroatoms. The van der Waals surface area contributed by atoms with Gasteiger partial charge in [-0.2, -0.15) is 0 Å². The number of hydrogen-bond donors (Lipinski definition) is 3. The van der Waals surface area contributed by atoms with E-state index in [1.54, 1.807) is 18.2 Å². The highest BCUT2D eigenvalue weighted by molar-refractivity contribution is 9.10. The van der Waals surface area contributed by atoms with Gasteiger partial charge in [-0.1, -0.05) is 15.9 Å². The fourth-order valence-corrected chi connectivity index (χ4v) is 2.46. The zero-order chi connectivity index (χ0) is 19.3. The van der Waals surface area contributed by atoms with E-state index in [0.717, 1.165) is 0 Å². The molecule has 0 heterocycles. The van der Waals surface area contributed by atoms with E-state index >= 15 is 0 Å². The standard InChI is InChI=1S/C18H19BrN2O5/c1-10(2)26-15-7-4-11(8-16(15)25-3)17(23)20-21-18(24)13-9-12(19)5-6-14(13)22/h4-10,22H,1-3H3,(H,20,23)(H,21,24). The molecule has 2 aromatic rings. The summed E-state index contributed by atoms with van der Waals surface area (Å²) in [7, 11) is 1.47. The Morgan fingerprint density at radius 1 is 1.04 bits per heavy atom. The molecule has 0 fully saturated rings. The van der Waals surface area contributed by atoms with Crippen molar-refractivity contribution < 1.29 is 24.2 Å². The van der Waals surface area contributed by atoms with Gasteiger partial charge in [0.2, 0.25) is 0 Å². The van der Waals surface area contributed by atoms with Crippen LogP contribution in [0, 0.1) is 0 Å². The Labute approximate surface area is 159 Å². The first-order valence-electron chi connectivity index (χ1n) is 7.75. The summed E-state index contributed by atoms with van der Waals surface area (Å²) < 4.78 is 11.4. The monoisotopic (exact) mass is 422 g/mol. The van der Waals surface area contributed by atoms with Crippen LogP contribution in [-0.2, 0) is 0 Å². The number of halogens is 1. The molecule has 26 heavy (non-hydrogen) atoms. The maximum Gasteiger partial charge on any atom is 0.273 e. The topological polar surface area (TPSA) is 96.9 Å². The Bertz CT molecular complexity index is 823. The Balaban J connectivity index is 2.07. The minimum Gasteiger partial charge on any atom is -0.507 e. The number of hydrogen-bond acceptors (Lipinski definition) is 5. The summed E-state index contributed by atoms with van der Waals surface area (Å²) in [5.41, 5.74) is 4.85. The predicted octanol–water partition coefficient (Wildman–Crippen LogP) is 3.03. The lowest BCUT2D eigenvalue weighted by Crippen LogP contribution is -2.41. The molecule has 0 spiro atoms. The van der Waals surface area contributed by atoms with Crippen molar-refractivity contribution in [1.29, 1.82) is 0 Å². The molecule has 2 aromatic carbocycles. The van der Waals surface area contributed by atoms with Crippen molar-refractivity contribution in [3.05, 3.63) is 52.0 Å². The van der Waals surface area contributed by atoms with Gasteiger partial charge in [-0.3, -0.25) is 20.4 Å². The number of phenolic OH excluding ortho intramolecular Hbond substituents is 1. The van der Waals surface area contributed by atoms with Gasteiger partial charge >= 0.3 is 0 Å². The van der Waals surface area contributed by atoms with Gasteiger partial charge in [0.25, 0.3) is 11.8 Å². The molecule has 0 atom stereocenters. The van der Waals surface area contributed by atoms with Crippen LogP contribution in [0.5, 0.6) is 17.2 Å². The van der Waals surface area contributed by atoms with Crippen LogP contribution in [0.25, 0.3) is 0 Å². The van der Waals surface area contributed by atoms with Gasteiger partial charge in [0, 0.05) is 10.0 Å². The lowest BCUT2D eigenvalue weighted by Gasteiger charge is -2.14. The van der Waals surface area contributed by atoms with Crippen molar-refractivity contribution >= 4 is 27.7 Å². The third-order valence-corrected chi connectivity index (χ3v) is 3.77. The molecule has 0 radical (unpaired) electrons. The summed E-state index contributed by atoms with van der Waals surface area (Å²) in [6, 6.07) is 9.10. The molecular formula is C18H19BrN2O5. The third kappa shape index (κ3) is 4.89. The van der Waals surface area contributed by atoms with Crippen LogP contribution < -0.4 is 20.3 Å². The number of hydrazine groups is 1. The number of methoxy groups -OCH3 is 1. The molecule has 0 bridgehead atoms. The van der Waals surface area contributed by atoms with Gasteiger partial charge in [-0.05, 0) is 50.2 Å². The van der Waals surface area contributed by atoms with E-state index in [0.29, 0.717) is 16.0 Å². The zero-order valence-electron chi connectivity index (χ0n) is 14.5. The van der Waals surface area contributed by atoms with Crippen molar-refractivity contribution in [3.63, 3.8) is 0 Å². The van der Waals surface area contributed by atoms with E-state index in [9.17, 15) is 14.7 Å². The maximum absolute atomic E-state index is 12.2. The summed E-state index contributed by atoms with van der Waals surface area (Å²) >= 11 is 3.22. The van der Waals surface area contributed by atoms with Crippen LogP contribution in [0.15, 0.2) is 40.9 Å². The van der Waals surface area contributed by atoms with E-state index in [1.807, 2.05) is 13.8 Å². The van der Waals surface area contributed by atoms with Crippen LogP contribution in [0.1, 0.15) is 34.6 Å². The van der Waals surface area contributed by atoms with Crippen molar-refractivity contribution in [3.8, 4) is 17.2 Å². The van der Waals surface area contributed by atoms with Crippen LogP contribution >= 0.6 is 15.9 Å². The Kier molecular flexibility index (Phi) is 6.46. The van der Waals surface area contributed by atoms with Crippen molar-refractivity contribution in [2.45, 2.75) is 20.0 Å². The largest absolute Gasteiger partial charge is 0.507 e.